The number of carbonyl (C=O) groups excluding carboxylic acids is 1. The van der Waals surface area contributed by atoms with Gasteiger partial charge in [0.05, 0.1) is 23.0 Å². The highest BCUT2D eigenvalue weighted by atomic mass is 16.4. The van der Waals surface area contributed by atoms with E-state index in [1.54, 1.807) is 24.5 Å². The van der Waals surface area contributed by atoms with Crippen molar-refractivity contribution in [2.75, 3.05) is 18.0 Å². The smallest absolute Gasteiger partial charge is 0.335 e. The second kappa shape index (κ2) is 6.99. The Labute approximate surface area is 168 Å². The van der Waals surface area contributed by atoms with Gasteiger partial charge in [0.15, 0.2) is 11.4 Å². The van der Waals surface area contributed by atoms with E-state index in [1.807, 2.05) is 26.8 Å². The van der Waals surface area contributed by atoms with E-state index < -0.39 is 11.4 Å². The molecule has 3 aromatic rings. The first-order valence-electron chi connectivity index (χ1n) is 9.77. The topological polar surface area (TPSA) is 99.2 Å². The number of H-pyrrole nitrogens is 1. The number of fused-ring (bicyclic) bond motifs is 1. The number of benzene rings is 1. The van der Waals surface area contributed by atoms with E-state index in [2.05, 4.69) is 19.9 Å². The molecule has 4 rings (SSSR count). The quantitative estimate of drug-likeness (QED) is 0.647. The standard InChI is InChI=1S/C22H24N4O3/c1-22(2,3)19(27)16-11-23-20-18(16)25-17(12-24-20)13-8-14(21(28)29)10-15(9-13)26-6-4-5-7-26/h8-12H,4-7H2,1-3H3,(H,23,24)(H,28,29). The van der Waals surface area contributed by atoms with Crippen molar-refractivity contribution in [1.29, 1.82) is 0 Å². The molecule has 0 atom stereocenters. The van der Waals surface area contributed by atoms with Gasteiger partial charge in [0.1, 0.15) is 5.52 Å². The number of carboxylic acids is 1. The number of aromatic amines is 1. The maximum atomic E-state index is 12.8. The highest BCUT2D eigenvalue weighted by Gasteiger charge is 2.26. The summed E-state index contributed by atoms with van der Waals surface area (Å²) in [5.41, 5.74) is 3.31. The molecule has 0 saturated carbocycles. The molecule has 1 fully saturated rings. The van der Waals surface area contributed by atoms with Crippen LogP contribution in [0.4, 0.5) is 5.69 Å². The fourth-order valence-corrected chi connectivity index (χ4v) is 3.65. The molecule has 2 aromatic heterocycles. The van der Waals surface area contributed by atoms with Gasteiger partial charge in [0.2, 0.25) is 0 Å². The molecule has 2 N–H and O–H groups in total. The highest BCUT2D eigenvalue weighted by molar-refractivity contribution is 6.08. The van der Waals surface area contributed by atoms with E-state index in [0.717, 1.165) is 31.6 Å². The summed E-state index contributed by atoms with van der Waals surface area (Å²) in [6.07, 6.45) is 5.45. The normalized spacial score (nSPS) is 14.5. The number of carbonyl (C=O) groups is 2. The summed E-state index contributed by atoms with van der Waals surface area (Å²) < 4.78 is 0. The van der Waals surface area contributed by atoms with Gasteiger partial charge in [-0.1, -0.05) is 20.8 Å². The first-order valence-corrected chi connectivity index (χ1v) is 9.77. The second-order valence-electron chi connectivity index (χ2n) is 8.50. The van der Waals surface area contributed by atoms with Crippen LogP contribution in [0.25, 0.3) is 22.4 Å². The molecule has 0 spiro atoms. The Hall–Kier alpha value is -3.22. The molecule has 1 aliphatic rings. The van der Waals surface area contributed by atoms with Crippen molar-refractivity contribution in [3.8, 4) is 11.3 Å². The average Bonchev–Trinajstić information content (AvgIpc) is 3.35. The Morgan fingerprint density at radius 2 is 1.86 bits per heavy atom. The predicted molar refractivity (Wildman–Crippen MR) is 112 cm³/mol. The van der Waals surface area contributed by atoms with E-state index in [1.165, 1.54) is 0 Å². The van der Waals surface area contributed by atoms with Crippen LogP contribution >= 0.6 is 0 Å². The lowest BCUT2D eigenvalue weighted by atomic mass is 9.87. The predicted octanol–water partition coefficient (Wildman–Crippen LogP) is 4.15. The molecule has 0 bridgehead atoms. The Morgan fingerprint density at radius 3 is 2.52 bits per heavy atom. The van der Waals surface area contributed by atoms with Gasteiger partial charge in [-0.3, -0.25) is 4.79 Å². The molecule has 0 radical (unpaired) electrons. The number of aromatic carboxylic acids is 1. The van der Waals surface area contributed by atoms with E-state index in [4.69, 9.17) is 0 Å². The summed E-state index contributed by atoms with van der Waals surface area (Å²) in [5.74, 6) is -1.00. The van der Waals surface area contributed by atoms with Crippen LogP contribution in [-0.2, 0) is 0 Å². The van der Waals surface area contributed by atoms with Crippen molar-refractivity contribution in [2.45, 2.75) is 33.6 Å². The zero-order valence-electron chi connectivity index (χ0n) is 16.8. The maximum Gasteiger partial charge on any atom is 0.335 e. The Balaban J connectivity index is 1.83. The summed E-state index contributed by atoms with van der Waals surface area (Å²) in [6.45, 7) is 7.42. The zero-order valence-corrected chi connectivity index (χ0v) is 16.8. The van der Waals surface area contributed by atoms with Gasteiger partial charge in [-0.05, 0) is 31.0 Å². The minimum atomic E-state index is -0.980. The average molecular weight is 392 g/mol. The van der Waals surface area contributed by atoms with E-state index >= 15 is 0 Å². The van der Waals surface area contributed by atoms with Gasteiger partial charge in [0, 0.05) is 36.0 Å². The number of rotatable bonds is 4. The summed E-state index contributed by atoms with van der Waals surface area (Å²) in [7, 11) is 0. The van der Waals surface area contributed by atoms with E-state index in [0.29, 0.717) is 28.0 Å². The molecule has 1 aliphatic heterocycles. The number of nitrogens with one attached hydrogen (secondary N) is 1. The highest BCUT2D eigenvalue weighted by Crippen LogP contribution is 2.30. The van der Waals surface area contributed by atoms with Crippen LogP contribution in [0.3, 0.4) is 0 Å². The van der Waals surface area contributed by atoms with Crippen molar-refractivity contribution < 1.29 is 14.7 Å². The third-order valence-electron chi connectivity index (χ3n) is 5.24. The van der Waals surface area contributed by atoms with Crippen LogP contribution in [-0.4, -0.2) is 44.9 Å². The molecule has 7 heteroatoms. The summed E-state index contributed by atoms with van der Waals surface area (Å²) in [5, 5.41) is 9.56. The number of aromatic nitrogens is 3. The fourth-order valence-electron chi connectivity index (χ4n) is 3.65. The number of carboxylic acid groups (broad SMARTS) is 1. The first kappa shape index (κ1) is 19.1. The molecule has 0 amide bonds. The number of anilines is 1. The van der Waals surface area contributed by atoms with Crippen molar-refractivity contribution in [2.24, 2.45) is 5.41 Å². The third kappa shape index (κ3) is 3.60. The van der Waals surface area contributed by atoms with Crippen LogP contribution in [0, 0.1) is 5.41 Å². The van der Waals surface area contributed by atoms with Crippen molar-refractivity contribution in [3.63, 3.8) is 0 Å². The van der Waals surface area contributed by atoms with Crippen LogP contribution in [0.1, 0.15) is 54.3 Å². The number of Topliss-reactive ketones (excluding diaryl/α,β-unsaturated/α-hetero) is 1. The third-order valence-corrected chi connectivity index (χ3v) is 5.24. The van der Waals surface area contributed by atoms with Gasteiger partial charge in [-0.15, -0.1) is 0 Å². The number of nitrogens with zero attached hydrogens (tertiary/aromatic N) is 3. The molecule has 1 aromatic carbocycles. The largest absolute Gasteiger partial charge is 0.478 e. The van der Waals surface area contributed by atoms with Crippen LogP contribution in [0.5, 0.6) is 0 Å². The van der Waals surface area contributed by atoms with Crippen LogP contribution < -0.4 is 4.90 Å². The van der Waals surface area contributed by atoms with Gasteiger partial charge < -0.3 is 15.0 Å². The molecule has 0 unspecified atom stereocenters. The summed E-state index contributed by atoms with van der Waals surface area (Å²) in [4.78, 5) is 38.8. The van der Waals surface area contributed by atoms with E-state index in [9.17, 15) is 14.7 Å². The summed E-state index contributed by atoms with van der Waals surface area (Å²) in [6, 6.07) is 5.26. The Kier molecular flexibility index (Phi) is 4.61. The molecule has 0 aliphatic carbocycles. The van der Waals surface area contributed by atoms with Crippen molar-refractivity contribution >= 4 is 28.6 Å². The van der Waals surface area contributed by atoms with Crippen LogP contribution in [0.2, 0.25) is 0 Å². The second-order valence-corrected chi connectivity index (χ2v) is 8.50. The number of ketones is 1. The van der Waals surface area contributed by atoms with Crippen molar-refractivity contribution in [3.05, 3.63) is 41.7 Å². The molecule has 29 heavy (non-hydrogen) atoms. The number of hydrogen-bond acceptors (Lipinski definition) is 5. The zero-order chi connectivity index (χ0) is 20.8. The van der Waals surface area contributed by atoms with Gasteiger partial charge in [-0.25, -0.2) is 14.8 Å². The molecular weight excluding hydrogens is 368 g/mol. The minimum Gasteiger partial charge on any atom is -0.478 e. The lowest BCUT2D eigenvalue weighted by Gasteiger charge is -2.19. The molecular formula is C22H24N4O3. The fraction of sp³-hybridized carbons (Fsp3) is 0.364. The lowest BCUT2D eigenvalue weighted by molar-refractivity contribution is 0.0696. The van der Waals surface area contributed by atoms with Gasteiger partial charge in [-0.2, -0.15) is 0 Å². The van der Waals surface area contributed by atoms with Crippen molar-refractivity contribution in [1.82, 2.24) is 15.0 Å². The first-order chi connectivity index (χ1) is 13.7. The monoisotopic (exact) mass is 392 g/mol. The van der Waals surface area contributed by atoms with Crippen LogP contribution in [0.15, 0.2) is 30.6 Å². The summed E-state index contributed by atoms with van der Waals surface area (Å²) >= 11 is 0. The van der Waals surface area contributed by atoms with Gasteiger partial charge >= 0.3 is 5.97 Å². The molecule has 150 valence electrons. The molecule has 1 saturated heterocycles. The van der Waals surface area contributed by atoms with E-state index in [-0.39, 0.29) is 11.3 Å². The maximum absolute atomic E-state index is 12.8. The Morgan fingerprint density at radius 1 is 1.14 bits per heavy atom. The minimum absolute atomic E-state index is 0.0211. The Bertz CT molecular complexity index is 1100. The molecule has 7 nitrogen and oxygen atoms in total. The van der Waals surface area contributed by atoms with Gasteiger partial charge in [0.25, 0.3) is 0 Å². The number of hydrogen-bond donors (Lipinski definition) is 2. The SMILES string of the molecule is CC(C)(C)C(=O)c1c[nH]c2ncc(-c3cc(C(=O)O)cc(N4CCCC4)c3)nc12. The molecule has 3 heterocycles. The lowest BCUT2D eigenvalue weighted by Crippen LogP contribution is -2.20.